The molecule has 1 unspecified atom stereocenters. The molecule has 1 N–H and O–H groups in total. The number of fused-ring (bicyclic) bond motifs is 1. The minimum absolute atomic E-state index is 0.00315. The molecule has 0 radical (unpaired) electrons. The highest BCUT2D eigenvalue weighted by molar-refractivity contribution is 5.96. The Labute approximate surface area is 159 Å². The SMILES string of the molecule is CN1CCOc2cc(C(=O)N3CCOCC3CC(=O)NC3CCC3)ccc21. The standard InChI is InChI=1S/C20H27N3O4/c1-22-7-10-27-18-11-14(5-6-17(18)22)20(25)23-8-9-26-13-16(23)12-19(24)21-15-3-2-4-15/h5-6,11,15-16H,2-4,7-10,12-13H2,1H3,(H,21,24). The Morgan fingerprint density at radius 2 is 2.07 bits per heavy atom. The lowest BCUT2D eigenvalue weighted by molar-refractivity contribution is -0.124. The Morgan fingerprint density at radius 3 is 2.85 bits per heavy atom. The minimum Gasteiger partial charge on any atom is -0.490 e. The first-order valence-electron chi connectivity index (χ1n) is 9.78. The molecule has 7 heteroatoms. The fourth-order valence-corrected chi connectivity index (χ4v) is 3.80. The first-order valence-corrected chi connectivity index (χ1v) is 9.78. The Bertz CT molecular complexity index is 719. The van der Waals surface area contributed by atoms with E-state index in [1.807, 2.05) is 25.2 Å². The van der Waals surface area contributed by atoms with Gasteiger partial charge in [0.2, 0.25) is 5.91 Å². The number of rotatable bonds is 4. The van der Waals surface area contributed by atoms with E-state index in [1.165, 1.54) is 6.42 Å². The van der Waals surface area contributed by atoms with E-state index in [9.17, 15) is 9.59 Å². The van der Waals surface area contributed by atoms with Gasteiger partial charge in [0.1, 0.15) is 12.4 Å². The Morgan fingerprint density at radius 1 is 1.22 bits per heavy atom. The van der Waals surface area contributed by atoms with E-state index in [0.29, 0.717) is 38.0 Å². The number of anilines is 1. The lowest BCUT2D eigenvalue weighted by Crippen LogP contribution is -2.51. The first-order chi connectivity index (χ1) is 13.1. The maximum absolute atomic E-state index is 13.1. The monoisotopic (exact) mass is 373 g/mol. The zero-order chi connectivity index (χ0) is 18.8. The molecule has 146 valence electrons. The van der Waals surface area contributed by atoms with E-state index in [-0.39, 0.29) is 24.3 Å². The molecule has 2 heterocycles. The van der Waals surface area contributed by atoms with Crippen molar-refractivity contribution in [3.8, 4) is 5.75 Å². The number of likely N-dealkylation sites (N-methyl/N-ethyl adjacent to an activating group) is 1. The minimum atomic E-state index is -0.231. The zero-order valence-corrected chi connectivity index (χ0v) is 15.8. The van der Waals surface area contributed by atoms with Crippen LogP contribution in [-0.4, -0.2) is 68.8 Å². The van der Waals surface area contributed by atoms with Gasteiger partial charge in [0.15, 0.2) is 0 Å². The van der Waals surface area contributed by atoms with Crippen molar-refractivity contribution in [3.05, 3.63) is 23.8 Å². The summed E-state index contributed by atoms with van der Waals surface area (Å²) in [6, 6.07) is 5.66. The molecule has 1 aliphatic carbocycles. The second-order valence-corrected chi connectivity index (χ2v) is 7.58. The predicted molar refractivity (Wildman–Crippen MR) is 101 cm³/mol. The van der Waals surface area contributed by atoms with Gasteiger partial charge in [0.25, 0.3) is 5.91 Å². The summed E-state index contributed by atoms with van der Waals surface area (Å²) in [7, 11) is 2.02. The molecular weight excluding hydrogens is 346 g/mol. The molecule has 3 aliphatic rings. The average molecular weight is 373 g/mol. The lowest BCUT2D eigenvalue weighted by atomic mass is 9.93. The van der Waals surface area contributed by atoms with E-state index >= 15 is 0 Å². The second-order valence-electron chi connectivity index (χ2n) is 7.58. The molecule has 0 spiro atoms. The fourth-order valence-electron chi connectivity index (χ4n) is 3.80. The average Bonchev–Trinajstić information content (AvgIpc) is 2.64. The van der Waals surface area contributed by atoms with Crippen LogP contribution in [0.3, 0.4) is 0 Å². The van der Waals surface area contributed by atoms with Crippen molar-refractivity contribution in [2.45, 2.75) is 37.8 Å². The molecule has 27 heavy (non-hydrogen) atoms. The van der Waals surface area contributed by atoms with Crippen molar-refractivity contribution in [3.63, 3.8) is 0 Å². The molecule has 4 rings (SSSR count). The van der Waals surface area contributed by atoms with Gasteiger partial charge in [-0.15, -0.1) is 0 Å². The lowest BCUT2D eigenvalue weighted by Gasteiger charge is -2.36. The van der Waals surface area contributed by atoms with E-state index in [1.54, 1.807) is 4.90 Å². The van der Waals surface area contributed by atoms with Crippen LogP contribution in [0.5, 0.6) is 5.75 Å². The molecule has 0 aromatic heterocycles. The fraction of sp³-hybridized carbons (Fsp3) is 0.600. The highest BCUT2D eigenvalue weighted by atomic mass is 16.5. The van der Waals surface area contributed by atoms with Gasteiger partial charge in [-0.25, -0.2) is 0 Å². The van der Waals surface area contributed by atoms with Crippen molar-refractivity contribution in [1.82, 2.24) is 10.2 Å². The van der Waals surface area contributed by atoms with Gasteiger partial charge in [-0.1, -0.05) is 0 Å². The van der Waals surface area contributed by atoms with Crippen LogP contribution in [0.4, 0.5) is 5.69 Å². The van der Waals surface area contributed by atoms with Gasteiger partial charge in [-0.2, -0.15) is 0 Å². The number of morpholine rings is 1. The van der Waals surface area contributed by atoms with E-state index in [2.05, 4.69) is 10.2 Å². The van der Waals surface area contributed by atoms with Gasteiger partial charge >= 0.3 is 0 Å². The van der Waals surface area contributed by atoms with Crippen LogP contribution in [0.25, 0.3) is 0 Å². The maximum Gasteiger partial charge on any atom is 0.254 e. The third kappa shape index (κ3) is 3.88. The molecule has 1 atom stereocenters. The Kier molecular flexibility index (Phi) is 5.20. The smallest absolute Gasteiger partial charge is 0.254 e. The number of carbonyl (C=O) groups is 2. The van der Waals surface area contributed by atoms with E-state index in [0.717, 1.165) is 30.8 Å². The van der Waals surface area contributed by atoms with Crippen molar-refractivity contribution >= 4 is 17.5 Å². The number of benzene rings is 1. The molecule has 1 saturated carbocycles. The van der Waals surface area contributed by atoms with E-state index in [4.69, 9.17) is 9.47 Å². The summed E-state index contributed by atoms with van der Waals surface area (Å²) >= 11 is 0. The van der Waals surface area contributed by atoms with Crippen molar-refractivity contribution < 1.29 is 19.1 Å². The molecule has 2 fully saturated rings. The van der Waals surface area contributed by atoms with Crippen LogP contribution < -0.4 is 15.0 Å². The number of carbonyl (C=O) groups excluding carboxylic acids is 2. The Hall–Kier alpha value is -2.28. The van der Waals surface area contributed by atoms with Gasteiger partial charge in [-0.3, -0.25) is 9.59 Å². The normalized spacial score (nSPS) is 22.5. The second kappa shape index (κ2) is 7.76. The molecule has 2 aliphatic heterocycles. The summed E-state index contributed by atoms with van der Waals surface area (Å²) in [4.78, 5) is 29.3. The summed E-state index contributed by atoms with van der Waals surface area (Å²) in [5, 5.41) is 3.05. The number of hydrogen-bond acceptors (Lipinski definition) is 5. The highest BCUT2D eigenvalue weighted by Crippen LogP contribution is 2.32. The number of nitrogens with one attached hydrogen (secondary N) is 1. The summed E-state index contributed by atoms with van der Waals surface area (Å²) in [5.41, 5.74) is 1.59. The van der Waals surface area contributed by atoms with Gasteiger partial charge < -0.3 is 24.6 Å². The Balaban J connectivity index is 1.46. The number of hydrogen-bond donors (Lipinski definition) is 1. The summed E-state index contributed by atoms with van der Waals surface area (Å²) in [5.74, 6) is 0.671. The van der Waals surface area contributed by atoms with Crippen LogP contribution >= 0.6 is 0 Å². The number of nitrogens with zero attached hydrogens (tertiary/aromatic N) is 2. The number of ether oxygens (including phenoxy) is 2. The molecule has 2 amide bonds. The van der Waals surface area contributed by atoms with Crippen molar-refractivity contribution in [1.29, 1.82) is 0 Å². The topological polar surface area (TPSA) is 71.1 Å². The maximum atomic E-state index is 13.1. The molecule has 1 aromatic rings. The van der Waals surface area contributed by atoms with E-state index < -0.39 is 0 Å². The van der Waals surface area contributed by atoms with Crippen molar-refractivity contribution in [2.75, 3.05) is 44.9 Å². The van der Waals surface area contributed by atoms with Crippen LogP contribution in [0, 0.1) is 0 Å². The quantitative estimate of drug-likeness (QED) is 0.864. The largest absolute Gasteiger partial charge is 0.490 e. The predicted octanol–water partition coefficient (Wildman–Crippen LogP) is 1.42. The van der Waals surface area contributed by atoms with Gasteiger partial charge in [0, 0.05) is 31.6 Å². The molecule has 1 saturated heterocycles. The molecule has 0 bridgehead atoms. The molecular formula is C20H27N3O4. The van der Waals surface area contributed by atoms with Crippen LogP contribution in [0.2, 0.25) is 0 Å². The van der Waals surface area contributed by atoms with Gasteiger partial charge in [0.05, 0.1) is 31.5 Å². The van der Waals surface area contributed by atoms with Crippen LogP contribution in [-0.2, 0) is 9.53 Å². The first kappa shape index (κ1) is 18.1. The third-order valence-electron chi connectivity index (χ3n) is 5.68. The molecule has 1 aromatic carbocycles. The van der Waals surface area contributed by atoms with Gasteiger partial charge in [-0.05, 0) is 37.5 Å². The summed E-state index contributed by atoms with van der Waals surface area (Å²) in [6.45, 7) is 2.84. The molecule has 7 nitrogen and oxygen atoms in total. The third-order valence-corrected chi connectivity index (χ3v) is 5.68. The zero-order valence-electron chi connectivity index (χ0n) is 15.8. The summed E-state index contributed by atoms with van der Waals surface area (Å²) in [6.07, 6.45) is 3.57. The van der Waals surface area contributed by atoms with Crippen molar-refractivity contribution in [2.24, 2.45) is 0 Å². The van der Waals surface area contributed by atoms with Crippen LogP contribution in [0.15, 0.2) is 18.2 Å². The summed E-state index contributed by atoms with van der Waals surface area (Å²) < 4.78 is 11.3. The van der Waals surface area contributed by atoms with Crippen LogP contribution in [0.1, 0.15) is 36.0 Å². The highest BCUT2D eigenvalue weighted by Gasteiger charge is 2.31. The number of amides is 2.